The molecule has 0 bridgehead atoms. The quantitative estimate of drug-likeness (QED) is 0.882. The Morgan fingerprint density at radius 2 is 2.25 bits per heavy atom. The summed E-state index contributed by atoms with van der Waals surface area (Å²) in [6.07, 6.45) is 0.749. The minimum atomic E-state index is -0.316. The fraction of sp³-hybridized carbons (Fsp3) is 0.364. The Bertz CT molecular complexity index is 384. The SMILES string of the molecule is Cl.NC1CCN(Cc2cccc(Cl)c2)C1=O. The number of nitrogens with zero attached hydrogens (tertiary/aromatic N) is 1. The van der Waals surface area contributed by atoms with Gasteiger partial charge in [0.25, 0.3) is 0 Å². The smallest absolute Gasteiger partial charge is 0.239 e. The van der Waals surface area contributed by atoms with Gasteiger partial charge in [-0.2, -0.15) is 0 Å². The Balaban J connectivity index is 0.00000128. The fourth-order valence-corrected chi connectivity index (χ4v) is 1.99. The lowest BCUT2D eigenvalue weighted by molar-refractivity contribution is -0.129. The van der Waals surface area contributed by atoms with Crippen molar-refractivity contribution in [2.45, 2.75) is 19.0 Å². The molecule has 0 aromatic heterocycles. The van der Waals surface area contributed by atoms with E-state index in [9.17, 15) is 4.79 Å². The molecule has 88 valence electrons. The molecule has 2 N–H and O–H groups in total. The van der Waals surface area contributed by atoms with Crippen LogP contribution >= 0.6 is 24.0 Å². The lowest BCUT2D eigenvalue weighted by atomic mass is 10.2. The van der Waals surface area contributed by atoms with Crippen LogP contribution in [0.2, 0.25) is 5.02 Å². The van der Waals surface area contributed by atoms with Gasteiger partial charge in [-0.05, 0) is 24.1 Å². The number of halogens is 2. The van der Waals surface area contributed by atoms with Crippen molar-refractivity contribution < 1.29 is 4.79 Å². The molecule has 1 unspecified atom stereocenters. The van der Waals surface area contributed by atoms with Gasteiger partial charge in [-0.3, -0.25) is 4.79 Å². The van der Waals surface area contributed by atoms with Gasteiger partial charge in [0, 0.05) is 18.1 Å². The maximum Gasteiger partial charge on any atom is 0.239 e. The summed E-state index contributed by atoms with van der Waals surface area (Å²) in [5.41, 5.74) is 6.68. The summed E-state index contributed by atoms with van der Waals surface area (Å²) in [7, 11) is 0. The number of amides is 1. The summed E-state index contributed by atoms with van der Waals surface area (Å²) in [5, 5.41) is 0.698. The number of hydrogen-bond acceptors (Lipinski definition) is 2. The molecule has 0 saturated carbocycles. The molecule has 5 heteroatoms. The highest BCUT2D eigenvalue weighted by Crippen LogP contribution is 2.16. The van der Waals surface area contributed by atoms with Crippen LogP contribution in [-0.2, 0) is 11.3 Å². The monoisotopic (exact) mass is 260 g/mol. The van der Waals surface area contributed by atoms with Gasteiger partial charge in [-0.25, -0.2) is 0 Å². The molecular weight excluding hydrogens is 247 g/mol. The maximum absolute atomic E-state index is 11.6. The summed E-state index contributed by atoms with van der Waals surface area (Å²) in [6, 6.07) is 7.23. The fourth-order valence-electron chi connectivity index (χ4n) is 1.78. The molecule has 0 radical (unpaired) electrons. The molecule has 1 fully saturated rings. The van der Waals surface area contributed by atoms with E-state index < -0.39 is 0 Å². The third-order valence-electron chi connectivity index (χ3n) is 2.60. The molecule has 0 aliphatic carbocycles. The lowest BCUT2D eigenvalue weighted by Crippen LogP contribution is -2.33. The Morgan fingerprint density at radius 1 is 1.50 bits per heavy atom. The molecular formula is C11H14Cl2N2O. The van der Waals surface area contributed by atoms with Crippen molar-refractivity contribution >= 4 is 29.9 Å². The maximum atomic E-state index is 11.6. The highest BCUT2D eigenvalue weighted by Gasteiger charge is 2.28. The highest BCUT2D eigenvalue weighted by molar-refractivity contribution is 6.30. The van der Waals surface area contributed by atoms with Gasteiger partial charge in [0.15, 0.2) is 0 Å². The number of carbonyl (C=O) groups is 1. The third kappa shape index (κ3) is 2.88. The Kier molecular flexibility index (Phi) is 4.59. The van der Waals surface area contributed by atoms with Gasteiger partial charge in [-0.1, -0.05) is 23.7 Å². The standard InChI is InChI=1S/C11H13ClN2O.ClH/c12-9-3-1-2-8(6-9)7-14-5-4-10(13)11(14)15;/h1-3,6,10H,4-5,7,13H2;1H. The Labute approximate surface area is 106 Å². The Hall–Kier alpha value is -0.770. The van der Waals surface area contributed by atoms with Crippen LogP contribution in [0.1, 0.15) is 12.0 Å². The van der Waals surface area contributed by atoms with E-state index in [1.54, 1.807) is 4.90 Å². The summed E-state index contributed by atoms with van der Waals surface area (Å²) < 4.78 is 0. The minimum absolute atomic E-state index is 0. The Morgan fingerprint density at radius 3 is 2.81 bits per heavy atom. The van der Waals surface area contributed by atoms with E-state index >= 15 is 0 Å². The van der Waals surface area contributed by atoms with Crippen molar-refractivity contribution in [2.24, 2.45) is 5.73 Å². The zero-order chi connectivity index (χ0) is 10.8. The summed E-state index contributed by atoms with van der Waals surface area (Å²) in [6.45, 7) is 1.35. The van der Waals surface area contributed by atoms with Crippen molar-refractivity contribution in [1.29, 1.82) is 0 Å². The molecule has 1 aliphatic heterocycles. The second kappa shape index (κ2) is 5.53. The van der Waals surface area contributed by atoms with Crippen LogP contribution in [-0.4, -0.2) is 23.4 Å². The number of carbonyl (C=O) groups excluding carboxylic acids is 1. The first-order valence-electron chi connectivity index (χ1n) is 4.95. The van der Waals surface area contributed by atoms with E-state index in [0.717, 1.165) is 18.5 Å². The first kappa shape index (κ1) is 13.3. The molecule has 1 saturated heterocycles. The summed E-state index contributed by atoms with van der Waals surface area (Å²) in [4.78, 5) is 13.3. The number of nitrogens with two attached hydrogens (primary N) is 1. The zero-order valence-electron chi connectivity index (χ0n) is 8.73. The van der Waals surface area contributed by atoms with Crippen molar-refractivity contribution in [2.75, 3.05) is 6.54 Å². The first-order chi connectivity index (χ1) is 7.16. The molecule has 1 aromatic rings. The first-order valence-corrected chi connectivity index (χ1v) is 5.33. The minimum Gasteiger partial charge on any atom is -0.337 e. The van der Waals surface area contributed by atoms with Crippen LogP contribution in [0.3, 0.4) is 0 Å². The van der Waals surface area contributed by atoms with Crippen LogP contribution in [0.4, 0.5) is 0 Å². The van der Waals surface area contributed by atoms with Gasteiger partial charge < -0.3 is 10.6 Å². The second-order valence-corrected chi connectivity index (χ2v) is 4.22. The molecule has 3 nitrogen and oxygen atoms in total. The van der Waals surface area contributed by atoms with Crippen molar-refractivity contribution in [3.8, 4) is 0 Å². The number of rotatable bonds is 2. The highest BCUT2D eigenvalue weighted by atomic mass is 35.5. The number of likely N-dealkylation sites (tertiary alicyclic amines) is 1. The van der Waals surface area contributed by atoms with Crippen molar-refractivity contribution in [1.82, 2.24) is 4.90 Å². The molecule has 1 aliphatic rings. The molecule has 1 atom stereocenters. The van der Waals surface area contributed by atoms with Gasteiger partial charge in [-0.15, -0.1) is 12.4 Å². The predicted molar refractivity (Wildman–Crippen MR) is 66.7 cm³/mol. The topological polar surface area (TPSA) is 46.3 Å². The zero-order valence-corrected chi connectivity index (χ0v) is 10.3. The third-order valence-corrected chi connectivity index (χ3v) is 2.84. The summed E-state index contributed by atoms with van der Waals surface area (Å²) >= 11 is 5.87. The molecule has 1 amide bonds. The largest absolute Gasteiger partial charge is 0.337 e. The normalized spacial score (nSPS) is 19.8. The predicted octanol–water partition coefficient (Wildman–Crippen LogP) is 1.82. The van der Waals surface area contributed by atoms with Crippen LogP contribution in [0, 0.1) is 0 Å². The van der Waals surface area contributed by atoms with Gasteiger partial charge >= 0.3 is 0 Å². The van der Waals surface area contributed by atoms with Crippen LogP contribution < -0.4 is 5.73 Å². The molecule has 1 aromatic carbocycles. The van der Waals surface area contributed by atoms with Gasteiger partial charge in [0.1, 0.15) is 0 Å². The van der Waals surface area contributed by atoms with E-state index in [-0.39, 0.29) is 24.4 Å². The molecule has 0 spiro atoms. The molecule has 16 heavy (non-hydrogen) atoms. The van der Waals surface area contributed by atoms with Crippen LogP contribution in [0.15, 0.2) is 24.3 Å². The number of benzene rings is 1. The van der Waals surface area contributed by atoms with E-state index in [0.29, 0.717) is 11.6 Å². The van der Waals surface area contributed by atoms with Gasteiger partial charge in [0.2, 0.25) is 5.91 Å². The van der Waals surface area contributed by atoms with Crippen molar-refractivity contribution in [3.63, 3.8) is 0 Å². The van der Waals surface area contributed by atoms with Crippen molar-refractivity contribution in [3.05, 3.63) is 34.9 Å². The molecule has 1 heterocycles. The van der Waals surface area contributed by atoms with Gasteiger partial charge in [0.05, 0.1) is 6.04 Å². The van der Waals surface area contributed by atoms with Crippen LogP contribution in [0.5, 0.6) is 0 Å². The van der Waals surface area contributed by atoms with E-state index in [1.807, 2.05) is 24.3 Å². The van der Waals surface area contributed by atoms with E-state index in [1.165, 1.54) is 0 Å². The van der Waals surface area contributed by atoms with E-state index in [2.05, 4.69) is 0 Å². The lowest BCUT2D eigenvalue weighted by Gasteiger charge is -2.15. The average molecular weight is 261 g/mol. The van der Waals surface area contributed by atoms with Crippen LogP contribution in [0.25, 0.3) is 0 Å². The average Bonchev–Trinajstić information content (AvgIpc) is 2.50. The second-order valence-electron chi connectivity index (χ2n) is 3.78. The number of hydrogen-bond donors (Lipinski definition) is 1. The molecule has 2 rings (SSSR count). The van der Waals surface area contributed by atoms with E-state index in [4.69, 9.17) is 17.3 Å². The summed E-state index contributed by atoms with van der Waals surface area (Å²) in [5.74, 6) is 0.0370.